The molecule has 1 aliphatic rings. The zero-order chi connectivity index (χ0) is 13.2. The Kier molecular flexibility index (Phi) is 3.38. The van der Waals surface area contributed by atoms with E-state index in [0.717, 1.165) is 13.0 Å². The average molecular weight is 255 g/mol. The highest BCUT2D eigenvalue weighted by molar-refractivity contribution is 5.65. The number of hydrogen-bond donors (Lipinski definition) is 1. The van der Waals surface area contributed by atoms with E-state index in [-0.39, 0.29) is 0 Å². The minimum atomic E-state index is 0.611. The fourth-order valence-corrected chi connectivity index (χ4v) is 2.84. The van der Waals surface area contributed by atoms with Gasteiger partial charge in [0.05, 0.1) is 6.20 Å². The van der Waals surface area contributed by atoms with Gasteiger partial charge >= 0.3 is 0 Å². The molecule has 1 fully saturated rings. The van der Waals surface area contributed by atoms with E-state index in [1.165, 1.54) is 35.2 Å². The molecule has 1 aromatic carbocycles. The van der Waals surface area contributed by atoms with Gasteiger partial charge in [0.15, 0.2) is 0 Å². The SMILES string of the molecule is Cc1ccc(-c2cnn(C)c2CC2CCCN2)cc1. The molecule has 1 atom stereocenters. The lowest BCUT2D eigenvalue weighted by Gasteiger charge is -2.12. The van der Waals surface area contributed by atoms with Crippen molar-refractivity contribution in [1.82, 2.24) is 15.1 Å². The van der Waals surface area contributed by atoms with E-state index in [0.29, 0.717) is 6.04 Å². The first-order valence-electron chi connectivity index (χ1n) is 7.05. The lowest BCUT2D eigenvalue weighted by molar-refractivity contribution is 0.571. The van der Waals surface area contributed by atoms with E-state index >= 15 is 0 Å². The molecular weight excluding hydrogens is 234 g/mol. The molecule has 0 aliphatic carbocycles. The zero-order valence-corrected chi connectivity index (χ0v) is 11.7. The Morgan fingerprint density at radius 2 is 2.11 bits per heavy atom. The summed E-state index contributed by atoms with van der Waals surface area (Å²) >= 11 is 0. The standard InChI is InChI=1S/C16H21N3/c1-12-5-7-13(8-6-12)15-11-18-19(2)16(15)10-14-4-3-9-17-14/h5-8,11,14,17H,3-4,9-10H2,1-2H3. The van der Waals surface area contributed by atoms with Gasteiger partial charge in [-0.3, -0.25) is 4.68 Å². The summed E-state index contributed by atoms with van der Waals surface area (Å²) in [7, 11) is 2.04. The molecule has 0 bridgehead atoms. The van der Waals surface area contributed by atoms with Gasteiger partial charge in [-0.2, -0.15) is 5.10 Å². The fraction of sp³-hybridized carbons (Fsp3) is 0.438. The van der Waals surface area contributed by atoms with E-state index in [1.54, 1.807) is 0 Å². The first-order chi connectivity index (χ1) is 9.24. The van der Waals surface area contributed by atoms with Crippen LogP contribution in [0.25, 0.3) is 11.1 Å². The normalized spacial score (nSPS) is 18.9. The van der Waals surface area contributed by atoms with Crippen LogP contribution in [0.4, 0.5) is 0 Å². The van der Waals surface area contributed by atoms with E-state index in [2.05, 4.69) is 41.6 Å². The first kappa shape index (κ1) is 12.4. The van der Waals surface area contributed by atoms with Crippen LogP contribution in [0, 0.1) is 6.92 Å². The Morgan fingerprint density at radius 3 is 2.79 bits per heavy atom. The third-order valence-electron chi connectivity index (χ3n) is 4.03. The van der Waals surface area contributed by atoms with Gasteiger partial charge in [-0.15, -0.1) is 0 Å². The van der Waals surface area contributed by atoms with Crippen LogP contribution in [0.15, 0.2) is 30.5 Å². The smallest absolute Gasteiger partial charge is 0.0571 e. The number of rotatable bonds is 3. The van der Waals surface area contributed by atoms with Gasteiger partial charge in [0.1, 0.15) is 0 Å². The number of hydrogen-bond acceptors (Lipinski definition) is 2. The number of benzene rings is 1. The summed E-state index contributed by atoms with van der Waals surface area (Å²) in [6.07, 6.45) is 5.63. The molecule has 19 heavy (non-hydrogen) atoms. The van der Waals surface area contributed by atoms with Crippen molar-refractivity contribution in [3.63, 3.8) is 0 Å². The van der Waals surface area contributed by atoms with Gasteiger partial charge in [-0.05, 0) is 31.9 Å². The summed E-state index contributed by atoms with van der Waals surface area (Å²) in [6, 6.07) is 9.33. The molecule has 1 unspecified atom stereocenters. The number of nitrogens with one attached hydrogen (secondary N) is 1. The summed E-state index contributed by atoms with van der Waals surface area (Å²) in [5, 5.41) is 8.02. The quantitative estimate of drug-likeness (QED) is 0.914. The van der Waals surface area contributed by atoms with Crippen molar-refractivity contribution >= 4 is 0 Å². The molecule has 0 spiro atoms. The van der Waals surface area contributed by atoms with E-state index < -0.39 is 0 Å². The van der Waals surface area contributed by atoms with E-state index in [9.17, 15) is 0 Å². The van der Waals surface area contributed by atoms with Crippen LogP contribution in [0.3, 0.4) is 0 Å². The van der Waals surface area contributed by atoms with Gasteiger partial charge in [0, 0.05) is 30.8 Å². The fourth-order valence-electron chi connectivity index (χ4n) is 2.84. The van der Waals surface area contributed by atoms with Crippen LogP contribution in [0.2, 0.25) is 0 Å². The molecule has 3 nitrogen and oxygen atoms in total. The van der Waals surface area contributed by atoms with Crippen LogP contribution >= 0.6 is 0 Å². The van der Waals surface area contributed by atoms with Crippen molar-refractivity contribution in [3.8, 4) is 11.1 Å². The first-order valence-corrected chi connectivity index (χ1v) is 7.05. The Morgan fingerprint density at radius 1 is 1.32 bits per heavy atom. The molecule has 2 aromatic rings. The maximum atomic E-state index is 4.45. The molecule has 1 aromatic heterocycles. The highest BCUT2D eigenvalue weighted by Gasteiger charge is 2.19. The third kappa shape index (κ3) is 2.56. The summed E-state index contributed by atoms with van der Waals surface area (Å²) in [6.45, 7) is 3.28. The largest absolute Gasteiger partial charge is 0.314 e. The second-order valence-corrected chi connectivity index (χ2v) is 5.49. The molecule has 0 radical (unpaired) electrons. The maximum Gasteiger partial charge on any atom is 0.0571 e. The van der Waals surface area contributed by atoms with Gasteiger partial charge in [0.25, 0.3) is 0 Å². The van der Waals surface area contributed by atoms with Crippen LogP contribution < -0.4 is 5.32 Å². The Labute approximate surface area is 114 Å². The van der Waals surface area contributed by atoms with Crippen molar-refractivity contribution in [2.45, 2.75) is 32.2 Å². The number of aryl methyl sites for hydroxylation is 2. The van der Waals surface area contributed by atoms with Crippen LogP contribution in [0.5, 0.6) is 0 Å². The molecule has 1 saturated heterocycles. The van der Waals surface area contributed by atoms with Gasteiger partial charge in [-0.1, -0.05) is 29.8 Å². The van der Waals surface area contributed by atoms with Crippen LogP contribution in [0.1, 0.15) is 24.1 Å². The average Bonchev–Trinajstić information content (AvgIpc) is 3.03. The Balaban J connectivity index is 1.91. The summed E-state index contributed by atoms with van der Waals surface area (Å²) < 4.78 is 2.02. The molecular formula is C16H21N3. The predicted molar refractivity (Wildman–Crippen MR) is 78.1 cm³/mol. The predicted octanol–water partition coefficient (Wildman–Crippen LogP) is 2.69. The highest BCUT2D eigenvalue weighted by Crippen LogP contribution is 2.25. The third-order valence-corrected chi connectivity index (χ3v) is 4.03. The van der Waals surface area contributed by atoms with Crippen molar-refractivity contribution in [1.29, 1.82) is 0 Å². The summed E-state index contributed by atoms with van der Waals surface area (Å²) in [5.41, 5.74) is 5.18. The van der Waals surface area contributed by atoms with Crippen molar-refractivity contribution in [2.75, 3.05) is 6.54 Å². The molecule has 3 heteroatoms. The monoisotopic (exact) mass is 255 g/mol. The maximum absolute atomic E-state index is 4.45. The summed E-state index contributed by atoms with van der Waals surface area (Å²) in [4.78, 5) is 0. The molecule has 1 aliphatic heterocycles. The topological polar surface area (TPSA) is 29.9 Å². The molecule has 100 valence electrons. The minimum absolute atomic E-state index is 0.611. The Hall–Kier alpha value is -1.61. The van der Waals surface area contributed by atoms with Crippen LogP contribution in [-0.4, -0.2) is 22.4 Å². The van der Waals surface area contributed by atoms with Crippen molar-refractivity contribution in [3.05, 3.63) is 41.7 Å². The van der Waals surface area contributed by atoms with Crippen LogP contribution in [-0.2, 0) is 13.5 Å². The van der Waals surface area contributed by atoms with Gasteiger partial charge < -0.3 is 5.32 Å². The van der Waals surface area contributed by atoms with Crippen molar-refractivity contribution in [2.24, 2.45) is 7.05 Å². The lowest BCUT2D eigenvalue weighted by Crippen LogP contribution is -2.25. The van der Waals surface area contributed by atoms with E-state index in [1.807, 2.05) is 17.9 Å². The zero-order valence-electron chi connectivity index (χ0n) is 11.7. The second-order valence-electron chi connectivity index (χ2n) is 5.49. The minimum Gasteiger partial charge on any atom is -0.314 e. The van der Waals surface area contributed by atoms with E-state index in [4.69, 9.17) is 0 Å². The molecule has 2 heterocycles. The number of aromatic nitrogens is 2. The Bertz CT molecular complexity index is 548. The molecule has 0 amide bonds. The second kappa shape index (κ2) is 5.17. The lowest BCUT2D eigenvalue weighted by atomic mass is 10.0. The molecule has 3 rings (SSSR count). The van der Waals surface area contributed by atoms with Gasteiger partial charge in [0.2, 0.25) is 0 Å². The highest BCUT2D eigenvalue weighted by atomic mass is 15.3. The molecule has 1 N–H and O–H groups in total. The molecule has 0 saturated carbocycles. The van der Waals surface area contributed by atoms with Gasteiger partial charge in [-0.25, -0.2) is 0 Å². The van der Waals surface area contributed by atoms with Crippen molar-refractivity contribution < 1.29 is 0 Å². The summed E-state index contributed by atoms with van der Waals surface area (Å²) in [5.74, 6) is 0. The number of nitrogens with zero attached hydrogens (tertiary/aromatic N) is 2.